The molecular weight excluding hydrogens is 218 g/mol. The molecule has 2 N–H and O–H groups in total. The predicted octanol–water partition coefficient (Wildman–Crippen LogP) is 1.90. The molecule has 0 spiro atoms. The van der Waals surface area contributed by atoms with Crippen LogP contribution in [0, 0.1) is 0 Å². The number of hydrogen-bond acceptors (Lipinski definition) is 2. The summed E-state index contributed by atoms with van der Waals surface area (Å²) in [6.07, 6.45) is 0. The van der Waals surface area contributed by atoms with Crippen molar-refractivity contribution in [2.45, 2.75) is 0 Å². The molecule has 17 heavy (non-hydrogen) atoms. The zero-order valence-electron chi connectivity index (χ0n) is 9.23. The monoisotopic (exact) mass is 229 g/mol. The lowest BCUT2D eigenvalue weighted by Gasteiger charge is -2.07. The van der Waals surface area contributed by atoms with Crippen molar-refractivity contribution < 1.29 is 14.7 Å². The van der Waals surface area contributed by atoms with Crippen LogP contribution in [0.15, 0.2) is 36.4 Å². The van der Waals surface area contributed by atoms with Crippen LogP contribution in [-0.4, -0.2) is 24.0 Å². The third-order valence-corrected chi connectivity index (χ3v) is 2.62. The van der Waals surface area contributed by atoms with Crippen LogP contribution in [0.1, 0.15) is 20.7 Å². The van der Waals surface area contributed by atoms with Crippen LogP contribution < -0.4 is 5.32 Å². The predicted molar refractivity (Wildman–Crippen MR) is 64.3 cm³/mol. The Kier molecular flexibility index (Phi) is 2.78. The van der Waals surface area contributed by atoms with Gasteiger partial charge in [0.2, 0.25) is 0 Å². The van der Waals surface area contributed by atoms with Gasteiger partial charge in [-0.2, -0.15) is 0 Å². The lowest BCUT2D eigenvalue weighted by molar-refractivity contribution is 0.0698. The van der Waals surface area contributed by atoms with Crippen LogP contribution >= 0.6 is 0 Å². The largest absolute Gasteiger partial charge is 0.478 e. The van der Waals surface area contributed by atoms with E-state index >= 15 is 0 Å². The van der Waals surface area contributed by atoms with Gasteiger partial charge in [-0.3, -0.25) is 4.79 Å². The molecule has 0 saturated heterocycles. The molecule has 0 aliphatic carbocycles. The number of amides is 1. The normalized spacial score (nSPS) is 10.2. The number of rotatable bonds is 2. The number of nitrogens with one attached hydrogen (secondary N) is 1. The standard InChI is InChI=1S/C13H11NO3/c1-14-12(15)10-6-2-5-9-8(10)4-3-7-11(9)13(16)17/h2-7H,1H3,(H,14,15)(H,16,17). The summed E-state index contributed by atoms with van der Waals surface area (Å²) in [5.41, 5.74) is 0.682. The molecule has 0 aliphatic heterocycles. The second-order valence-corrected chi connectivity index (χ2v) is 3.59. The highest BCUT2D eigenvalue weighted by Crippen LogP contribution is 2.22. The molecule has 2 aromatic rings. The second kappa shape index (κ2) is 4.25. The Morgan fingerprint density at radius 2 is 1.53 bits per heavy atom. The van der Waals surface area contributed by atoms with Crippen molar-refractivity contribution in [1.82, 2.24) is 5.32 Å². The Morgan fingerprint density at radius 1 is 1.00 bits per heavy atom. The van der Waals surface area contributed by atoms with Crippen LogP contribution in [0.3, 0.4) is 0 Å². The van der Waals surface area contributed by atoms with Gasteiger partial charge in [0.1, 0.15) is 0 Å². The van der Waals surface area contributed by atoms with E-state index < -0.39 is 5.97 Å². The first-order chi connectivity index (χ1) is 8.15. The average Bonchev–Trinajstić information content (AvgIpc) is 2.36. The quantitative estimate of drug-likeness (QED) is 0.826. The molecule has 4 heteroatoms. The Morgan fingerprint density at radius 3 is 2.06 bits per heavy atom. The van der Waals surface area contributed by atoms with Crippen molar-refractivity contribution in [1.29, 1.82) is 0 Å². The Bertz CT molecular complexity index is 605. The maximum atomic E-state index is 11.7. The van der Waals surface area contributed by atoms with Gasteiger partial charge in [-0.25, -0.2) is 4.79 Å². The summed E-state index contributed by atoms with van der Waals surface area (Å²) in [7, 11) is 1.54. The van der Waals surface area contributed by atoms with E-state index in [0.29, 0.717) is 16.3 Å². The van der Waals surface area contributed by atoms with Crippen molar-refractivity contribution >= 4 is 22.6 Å². The summed E-state index contributed by atoms with van der Waals surface area (Å²) in [5, 5.41) is 12.8. The molecule has 2 aromatic carbocycles. The molecule has 4 nitrogen and oxygen atoms in total. The van der Waals surface area contributed by atoms with Gasteiger partial charge in [0.05, 0.1) is 5.56 Å². The van der Waals surface area contributed by atoms with Gasteiger partial charge in [-0.05, 0) is 22.9 Å². The summed E-state index contributed by atoms with van der Waals surface area (Å²) >= 11 is 0. The van der Waals surface area contributed by atoms with E-state index in [0.717, 1.165) is 0 Å². The number of carboxylic acid groups (broad SMARTS) is 1. The van der Waals surface area contributed by atoms with Gasteiger partial charge in [-0.1, -0.05) is 24.3 Å². The molecule has 2 rings (SSSR count). The van der Waals surface area contributed by atoms with Crippen molar-refractivity contribution in [2.24, 2.45) is 0 Å². The first kappa shape index (κ1) is 11.1. The van der Waals surface area contributed by atoms with Crippen molar-refractivity contribution in [3.05, 3.63) is 47.5 Å². The maximum absolute atomic E-state index is 11.7. The van der Waals surface area contributed by atoms with Gasteiger partial charge >= 0.3 is 5.97 Å². The zero-order valence-corrected chi connectivity index (χ0v) is 9.23. The van der Waals surface area contributed by atoms with Crippen LogP contribution in [0.4, 0.5) is 0 Å². The molecule has 0 unspecified atom stereocenters. The number of aromatic carboxylic acids is 1. The van der Waals surface area contributed by atoms with Crippen molar-refractivity contribution in [3.8, 4) is 0 Å². The molecule has 0 aliphatic rings. The summed E-state index contributed by atoms with van der Waals surface area (Å²) in [6.45, 7) is 0. The Labute approximate surface area is 97.9 Å². The van der Waals surface area contributed by atoms with Crippen LogP contribution in [-0.2, 0) is 0 Å². The molecule has 0 saturated carbocycles. The minimum atomic E-state index is -0.996. The SMILES string of the molecule is CNC(=O)c1cccc2c(C(=O)O)cccc12. The fourth-order valence-corrected chi connectivity index (χ4v) is 1.83. The summed E-state index contributed by atoms with van der Waals surface area (Å²) < 4.78 is 0. The second-order valence-electron chi connectivity index (χ2n) is 3.59. The number of carbonyl (C=O) groups excluding carboxylic acids is 1. The molecule has 86 valence electrons. The van der Waals surface area contributed by atoms with Gasteiger partial charge in [0.25, 0.3) is 5.91 Å². The zero-order chi connectivity index (χ0) is 12.4. The molecule has 1 amide bonds. The molecule has 0 atom stereocenters. The minimum Gasteiger partial charge on any atom is -0.478 e. The van der Waals surface area contributed by atoms with E-state index in [1.165, 1.54) is 6.07 Å². The number of carboxylic acids is 1. The number of carbonyl (C=O) groups is 2. The molecule has 0 heterocycles. The van der Waals surface area contributed by atoms with Crippen LogP contribution in [0.2, 0.25) is 0 Å². The minimum absolute atomic E-state index is 0.202. The van der Waals surface area contributed by atoms with Gasteiger partial charge < -0.3 is 10.4 Å². The topological polar surface area (TPSA) is 66.4 Å². The third-order valence-electron chi connectivity index (χ3n) is 2.62. The van der Waals surface area contributed by atoms with Crippen molar-refractivity contribution in [2.75, 3.05) is 7.05 Å². The van der Waals surface area contributed by atoms with E-state index in [1.807, 2.05) is 0 Å². The molecule has 0 aromatic heterocycles. The highest BCUT2D eigenvalue weighted by molar-refractivity contribution is 6.12. The van der Waals surface area contributed by atoms with Crippen LogP contribution in [0.5, 0.6) is 0 Å². The van der Waals surface area contributed by atoms with Gasteiger partial charge in [0.15, 0.2) is 0 Å². The highest BCUT2D eigenvalue weighted by atomic mass is 16.4. The summed E-state index contributed by atoms with van der Waals surface area (Å²) in [4.78, 5) is 22.7. The maximum Gasteiger partial charge on any atom is 0.336 e. The summed E-state index contributed by atoms with van der Waals surface area (Å²) in [6, 6.07) is 9.96. The number of fused-ring (bicyclic) bond motifs is 1. The first-order valence-electron chi connectivity index (χ1n) is 5.12. The fraction of sp³-hybridized carbons (Fsp3) is 0.0769. The van der Waals surface area contributed by atoms with E-state index in [9.17, 15) is 9.59 Å². The highest BCUT2D eigenvalue weighted by Gasteiger charge is 2.12. The molecule has 0 radical (unpaired) electrons. The third kappa shape index (κ3) is 1.85. The van der Waals surface area contributed by atoms with Crippen molar-refractivity contribution in [3.63, 3.8) is 0 Å². The number of benzene rings is 2. The van der Waals surface area contributed by atoms with Crippen LogP contribution in [0.25, 0.3) is 10.8 Å². The molecule has 0 bridgehead atoms. The smallest absolute Gasteiger partial charge is 0.336 e. The van der Waals surface area contributed by atoms with E-state index in [1.54, 1.807) is 37.4 Å². The fourth-order valence-electron chi connectivity index (χ4n) is 1.83. The lowest BCUT2D eigenvalue weighted by atomic mass is 10.00. The number of hydrogen-bond donors (Lipinski definition) is 2. The van der Waals surface area contributed by atoms with E-state index in [-0.39, 0.29) is 11.5 Å². The Balaban J connectivity index is 2.79. The molecular formula is C13H11NO3. The van der Waals surface area contributed by atoms with E-state index in [4.69, 9.17) is 5.11 Å². The van der Waals surface area contributed by atoms with Gasteiger partial charge in [0, 0.05) is 12.6 Å². The average molecular weight is 229 g/mol. The molecule has 0 fully saturated rings. The summed E-state index contributed by atoms with van der Waals surface area (Å²) in [5.74, 6) is -1.22. The lowest BCUT2D eigenvalue weighted by Crippen LogP contribution is -2.18. The Hall–Kier alpha value is -2.36. The first-order valence-corrected chi connectivity index (χ1v) is 5.12. The van der Waals surface area contributed by atoms with E-state index in [2.05, 4.69) is 5.32 Å². The van der Waals surface area contributed by atoms with Gasteiger partial charge in [-0.15, -0.1) is 0 Å².